The molecule has 0 fully saturated rings. The van der Waals surface area contributed by atoms with E-state index in [-0.39, 0.29) is 21.4 Å². The summed E-state index contributed by atoms with van der Waals surface area (Å²) >= 11 is 5.95. The van der Waals surface area contributed by atoms with Crippen molar-refractivity contribution in [3.63, 3.8) is 0 Å². The lowest BCUT2D eigenvalue weighted by molar-refractivity contribution is 0.414. The second kappa shape index (κ2) is 5.73. The number of hydrogen-bond acceptors (Lipinski definition) is 4. The number of methoxy groups -OCH3 is 1. The van der Waals surface area contributed by atoms with Crippen molar-refractivity contribution < 1.29 is 13.2 Å². The second-order valence-corrected chi connectivity index (χ2v) is 6.60. The summed E-state index contributed by atoms with van der Waals surface area (Å²) in [5.74, 6) is 0.508. The molecule has 0 aliphatic heterocycles. The zero-order valence-electron chi connectivity index (χ0n) is 10.8. The van der Waals surface area contributed by atoms with Crippen LogP contribution in [0.4, 0.5) is 5.69 Å². The molecule has 2 aromatic carbocycles. The molecule has 0 aliphatic rings. The third kappa shape index (κ3) is 3.05. The minimum absolute atomic E-state index is 0.0162. The molecule has 0 unspecified atom stereocenters. The predicted octanol–water partition coefficient (Wildman–Crippen LogP) is 2.90. The topological polar surface area (TPSA) is 69.4 Å². The van der Waals surface area contributed by atoms with Crippen LogP contribution in [0, 0.1) is 0 Å². The average molecular weight is 312 g/mol. The van der Waals surface area contributed by atoms with Gasteiger partial charge in [0, 0.05) is 0 Å². The smallest absolute Gasteiger partial charge is 0.186 e. The molecule has 0 bridgehead atoms. The maximum Gasteiger partial charge on any atom is 0.186 e. The van der Waals surface area contributed by atoms with Crippen LogP contribution in [-0.4, -0.2) is 15.5 Å². The quantitative estimate of drug-likeness (QED) is 0.881. The summed E-state index contributed by atoms with van der Waals surface area (Å²) in [4.78, 5) is -0.0162. The van der Waals surface area contributed by atoms with Gasteiger partial charge >= 0.3 is 0 Å². The van der Waals surface area contributed by atoms with Gasteiger partial charge in [-0.2, -0.15) is 0 Å². The zero-order chi connectivity index (χ0) is 14.8. The summed E-state index contributed by atoms with van der Waals surface area (Å²) in [6.07, 6.45) is 0. The number of hydrogen-bond donors (Lipinski definition) is 1. The highest BCUT2D eigenvalue weighted by atomic mass is 35.5. The number of rotatable bonds is 4. The Balaban J connectivity index is 2.35. The molecule has 0 spiro atoms. The largest absolute Gasteiger partial charge is 0.497 e. The number of nitrogen functional groups attached to an aromatic ring is 1. The maximum atomic E-state index is 12.4. The Labute approximate surface area is 123 Å². The number of benzene rings is 2. The maximum absolute atomic E-state index is 12.4. The number of halogens is 1. The number of sulfone groups is 1. The molecule has 0 amide bonds. The van der Waals surface area contributed by atoms with Gasteiger partial charge in [0.05, 0.1) is 23.6 Å². The van der Waals surface area contributed by atoms with Crippen molar-refractivity contribution in [1.29, 1.82) is 0 Å². The Morgan fingerprint density at radius 2 is 1.80 bits per heavy atom. The van der Waals surface area contributed by atoms with Gasteiger partial charge in [0.2, 0.25) is 0 Å². The van der Waals surface area contributed by atoms with Crippen LogP contribution in [0.5, 0.6) is 5.75 Å². The summed E-state index contributed by atoms with van der Waals surface area (Å²) in [5, 5.41) is 0.138. The fourth-order valence-electron chi connectivity index (χ4n) is 1.87. The van der Waals surface area contributed by atoms with Crippen molar-refractivity contribution in [2.24, 2.45) is 0 Å². The second-order valence-electron chi connectivity index (χ2n) is 4.27. The SMILES string of the molecule is COc1ccc(CS(=O)(=O)c2c(N)cccc2Cl)cc1. The molecule has 0 aromatic heterocycles. The first-order chi connectivity index (χ1) is 9.44. The Hall–Kier alpha value is -1.72. The van der Waals surface area contributed by atoms with E-state index in [1.807, 2.05) is 0 Å². The lowest BCUT2D eigenvalue weighted by Gasteiger charge is -2.09. The number of ether oxygens (including phenoxy) is 1. The lowest BCUT2D eigenvalue weighted by Crippen LogP contribution is -2.08. The summed E-state index contributed by atoms with van der Waals surface area (Å²) in [7, 11) is -2.04. The van der Waals surface area contributed by atoms with E-state index in [1.165, 1.54) is 12.1 Å². The summed E-state index contributed by atoms with van der Waals surface area (Å²) in [6, 6.07) is 11.5. The molecule has 2 rings (SSSR count). The highest BCUT2D eigenvalue weighted by Gasteiger charge is 2.21. The molecule has 0 radical (unpaired) electrons. The third-order valence-corrected chi connectivity index (χ3v) is 5.04. The molecule has 6 heteroatoms. The molecule has 0 heterocycles. The van der Waals surface area contributed by atoms with Gasteiger partial charge in [-0.25, -0.2) is 8.42 Å². The first-order valence-corrected chi connectivity index (χ1v) is 7.87. The standard InChI is InChI=1S/C14H14ClNO3S/c1-19-11-7-5-10(6-8-11)9-20(17,18)14-12(15)3-2-4-13(14)16/h2-8H,9,16H2,1H3. The van der Waals surface area contributed by atoms with Crippen LogP contribution < -0.4 is 10.5 Å². The van der Waals surface area contributed by atoms with Crippen molar-refractivity contribution in [2.75, 3.05) is 12.8 Å². The van der Waals surface area contributed by atoms with Gasteiger partial charge in [-0.05, 0) is 29.8 Å². The van der Waals surface area contributed by atoms with E-state index in [0.29, 0.717) is 11.3 Å². The molecule has 20 heavy (non-hydrogen) atoms. The fourth-order valence-corrected chi connectivity index (χ4v) is 3.97. The van der Waals surface area contributed by atoms with Gasteiger partial charge in [-0.3, -0.25) is 0 Å². The van der Waals surface area contributed by atoms with Gasteiger partial charge in [-0.15, -0.1) is 0 Å². The first-order valence-electron chi connectivity index (χ1n) is 5.84. The summed E-state index contributed by atoms with van der Waals surface area (Å²) in [5.41, 5.74) is 6.53. The van der Waals surface area contributed by atoms with Gasteiger partial charge in [-0.1, -0.05) is 29.8 Å². The van der Waals surface area contributed by atoms with Gasteiger partial charge in [0.25, 0.3) is 0 Å². The van der Waals surface area contributed by atoms with E-state index in [0.717, 1.165) is 0 Å². The van der Waals surface area contributed by atoms with Crippen molar-refractivity contribution in [1.82, 2.24) is 0 Å². The highest BCUT2D eigenvalue weighted by Crippen LogP contribution is 2.30. The molecule has 0 saturated carbocycles. The van der Waals surface area contributed by atoms with E-state index < -0.39 is 9.84 Å². The van der Waals surface area contributed by atoms with Crippen LogP contribution >= 0.6 is 11.6 Å². The van der Waals surface area contributed by atoms with E-state index in [2.05, 4.69) is 0 Å². The van der Waals surface area contributed by atoms with Crippen molar-refractivity contribution in [3.8, 4) is 5.75 Å². The van der Waals surface area contributed by atoms with Gasteiger partial charge < -0.3 is 10.5 Å². The van der Waals surface area contributed by atoms with Crippen LogP contribution in [0.25, 0.3) is 0 Å². The Bertz CT molecular complexity index is 691. The molecule has 2 aromatic rings. The Morgan fingerprint density at radius 3 is 2.35 bits per heavy atom. The van der Waals surface area contributed by atoms with Crippen molar-refractivity contribution in [3.05, 3.63) is 53.1 Å². The lowest BCUT2D eigenvalue weighted by atomic mass is 10.2. The zero-order valence-corrected chi connectivity index (χ0v) is 12.4. The molecule has 4 nitrogen and oxygen atoms in total. The van der Waals surface area contributed by atoms with Crippen molar-refractivity contribution >= 4 is 27.1 Å². The van der Waals surface area contributed by atoms with Crippen LogP contribution in [0.2, 0.25) is 5.02 Å². The predicted molar refractivity (Wildman–Crippen MR) is 79.7 cm³/mol. The van der Waals surface area contributed by atoms with Crippen LogP contribution in [-0.2, 0) is 15.6 Å². The molecule has 0 atom stereocenters. The minimum atomic E-state index is -3.59. The molecular formula is C14H14ClNO3S. The van der Waals surface area contributed by atoms with E-state index in [4.69, 9.17) is 22.1 Å². The fraction of sp³-hybridized carbons (Fsp3) is 0.143. The molecular weight excluding hydrogens is 298 g/mol. The summed E-state index contributed by atoms with van der Waals surface area (Å²) in [6.45, 7) is 0. The van der Waals surface area contributed by atoms with Crippen LogP contribution in [0.15, 0.2) is 47.4 Å². The monoisotopic (exact) mass is 311 g/mol. The van der Waals surface area contributed by atoms with Crippen molar-refractivity contribution in [2.45, 2.75) is 10.6 Å². The highest BCUT2D eigenvalue weighted by molar-refractivity contribution is 7.91. The van der Waals surface area contributed by atoms with E-state index in [1.54, 1.807) is 37.4 Å². The molecule has 0 saturated heterocycles. The van der Waals surface area contributed by atoms with Gasteiger partial charge in [0.1, 0.15) is 10.6 Å². The molecule has 2 N–H and O–H groups in total. The first kappa shape index (κ1) is 14.7. The van der Waals surface area contributed by atoms with Crippen LogP contribution in [0.3, 0.4) is 0 Å². The number of anilines is 1. The van der Waals surface area contributed by atoms with Gasteiger partial charge in [0.15, 0.2) is 9.84 Å². The Morgan fingerprint density at radius 1 is 1.15 bits per heavy atom. The normalized spacial score (nSPS) is 11.3. The van der Waals surface area contributed by atoms with E-state index >= 15 is 0 Å². The van der Waals surface area contributed by atoms with E-state index in [9.17, 15) is 8.42 Å². The molecule has 0 aliphatic carbocycles. The third-order valence-electron chi connectivity index (χ3n) is 2.82. The summed E-state index contributed by atoms with van der Waals surface area (Å²) < 4.78 is 29.8. The average Bonchev–Trinajstić information content (AvgIpc) is 2.38. The van der Waals surface area contributed by atoms with Crippen LogP contribution in [0.1, 0.15) is 5.56 Å². The molecule has 106 valence electrons. The minimum Gasteiger partial charge on any atom is -0.497 e. The Kier molecular flexibility index (Phi) is 4.20. The number of nitrogens with two attached hydrogens (primary N) is 1.